The Balaban J connectivity index is 0.000000158. The number of carboxylic acid groups (broad SMARTS) is 1. The molecule has 1 aromatic carbocycles. The highest BCUT2D eigenvalue weighted by Crippen LogP contribution is 2.69. The van der Waals surface area contributed by atoms with E-state index in [1.807, 2.05) is 0 Å². The van der Waals surface area contributed by atoms with Crippen molar-refractivity contribution in [3.63, 3.8) is 0 Å². The van der Waals surface area contributed by atoms with Crippen molar-refractivity contribution in [2.45, 2.75) is 147 Å². The number of rotatable bonds is 6. The number of quaternary nitrogens is 1. The molecule has 5 aliphatic carbocycles. The van der Waals surface area contributed by atoms with E-state index in [1.165, 1.54) is 18.5 Å². The van der Waals surface area contributed by atoms with E-state index in [-0.39, 0.29) is 88.7 Å². The van der Waals surface area contributed by atoms with Crippen molar-refractivity contribution < 1.29 is 59.7 Å². The molecule has 5 heterocycles. The van der Waals surface area contributed by atoms with Crippen molar-refractivity contribution in [2.75, 3.05) is 45.4 Å². The Morgan fingerprint density at radius 1 is 1.02 bits per heavy atom. The zero-order chi connectivity index (χ0) is 43.3. The third kappa shape index (κ3) is 6.63. The maximum atomic E-state index is 13.5. The van der Waals surface area contributed by atoms with Crippen LogP contribution in [0.3, 0.4) is 0 Å². The largest absolute Gasteiger partial charge is 0.550 e. The highest BCUT2D eigenvalue weighted by Gasteiger charge is 2.73. The smallest absolute Gasteiger partial charge is 0.229 e. The summed E-state index contributed by atoms with van der Waals surface area (Å²) < 4.78 is 17.6. The molecule has 0 aromatic heterocycles. The number of nitrogens with one attached hydrogen (secondary N) is 1. The number of carboxylic acids is 1. The van der Waals surface area contributed by atoms with Gasteiger partial charge in [-0.3, -0.25) is 4.79 Å². The number of hydrogen-bond donors (Lipinski definition) is 5. The molecule has 13 heteroatoms. The maximum absolute atomic E-state index is 13.5. The lowest BCUT2D eigenvalue weighted by Gasteiger charge is -2.63. The van der Waals surface area contributed by atoms with Crippen LogP contribution < -0.4 is 24.4 Å². The van der Waals surface area contributed by atoms with Crippen LogP contribution in [0.25, 0.3) is 0 Å². The predicted molar refractivity (Wildman–Crippen MR) is 229 cm³/mol. The van der Waals surface area contributed by atoms with E-state index >= 15 is 0 Å². The first-order valence-electron chi connectivity index (χ1n) is 23.8. The zero-order valence-electron chi connectivity index (χ0n) is 37.8. The Labute approximate surface area is 367 Å². The Kier molecular flexibility index (Phi) is 12.5. The van der Waals surface area contributed by atoms with Gasteiger partial charge in [0.2, 0.25) is 5.91 Å². The minimum absolute atomic E-state index is 0. The molecule has 1 amide bonds. The van der Waals surface area contributed by atoms with E-state index in [2.05, 4.69) is 43.9 Å². The number of methoxy groups -OCH3 is 2. The van der Waals surface area contributed by atoms with Crippen molar-refractivity contribution in [2.24, 2.45) is 58.2 Å². The minimum atomic E-state index is -0.998. The molecule has 7 N–H and O–H groups in total. The number of anilines is 1. The average Bonchev–Trinajstić information content (AvgIpc) is 3.85. The number of benzene rings is 1. The Hall–Kier alpha value is -2.78. The molecule has 2 bridgehead atoms. The summed E-state index contributed by atoms with van der Waals surface area (Å²) in [5, 5.41) is 51.4. The van der Waals surface area contributed by atoms with Gasteiger partial charge in [-0.2, -0.15) is 0 Å². The molecule has 13 nitrogen and oxygen atoms in total. The fourth-order valence-electron chi connectivity index (χ4n) is 16.8. The molecule has 1 unspecified atom stereocenters. The predicted octanol–water partition coefficient (Wildman–Crippen LogP) is 1.98. The summed E-state index contributed by atoms with van der Waals surface area (Å²) in [5.74, 6) is 3.27. The van der Waals surface area contributed by atoms with Gasteiger partial charge in [0, 0.05) is 37.4 Å². The van der Waals surface area contributed by atoms with Crippen LogP contribution in [0.4, 0.5) is 5.69 Å². The molecule has 5 saturated carbocycles. The Morgan fingerprint density at radius 2 is 1.74 bits per heavy atom. The van der Waals surface area contributed by atoms with Gasteiger partial charge in [0.25, 0.3) is 0 Å². The quantitative estimate of drug-likeness (QED) is 0.263. The van der Waals surface area contributed by atoms with Gasteiger partial charge in [0.05, 0.1) is 81.9 Å². The molecule has 0 radical (unpaired) electrons. The van der Waals surface area contributed by atoms with Crippen LogP contribution in [0.5, 0.6) is 11.5 Å². The molecule has 1 aromatic rings. The van der Waals surface area contributed by atoms with Crippen LogP contribution in [-0.2, 0) is 19.7 Å². The number of fused-ring (bicyclic) bond motifs is 7. The van der Waals surface area contributed by atoms with Crippen molar-refractivity contribution in [3.8, 4) is 11.5 Å². The van der Waals surface area contributed by atoms with Gasteiger partial charge in [-0.25, -0.2) is 0 Å². The number of ether oxygens (including phenoxy) is 3. The van der Waals surface area contributed by atoms with Crippen molar-refractivity contribution >= 4 is 17.6 Å². The summed E-state index contributed by atoms with van der Waals surface area (Å²) in [6.45, 7) is 11.6. The number of carbonyl (C=O) groups excluding carboxylic acids is 2. The van der Waals surface area contributed by atoms with Gasteiger partial charge in [0.1, 0.15) is 6.04 Å². The van der Waals surface area contributed by atoms with Gasteiger partial charge in [-0.05, 0) is 134 Å². The first-order valence-corrected chi connectivity index (χ1v) is 23.8. The lowest BCUT2D eigenvalue weighted by molar-refractivity contribution is -0.916. The summed E-state index contributed by atoms with van der Waals surface area (Å²) >= 11 is 0. The zero-order valence-corrected chi connectivity index (χ0v) is 37.8. The van der Waals surface area contributed by atoms with E-state index in [4.69, 9.17) is 19.3 Å². The van der Waals surface area contributed by atoms with Crippen molar-refractivity contribution in [3.05, 3.63) is 29.3 Å². The summed E-state index contributed by atoms with van der Waals surface area (Å²) in [4.78, 5) is 28.3. The molecule has 10 aliphatic rings. The number of nitrogens with zero attached hydrogens (tertiary/aromatic N) is 1. The summed E-state index contributed by atoms with van der Waals surface area (Å²) in [6, 6.07) is 5.00. The highest BCUT2D eigenvalue weighted by atomic mass is 16.5. The number of aliphatic hydroxyl groups is 4. The number of hydrogen-bond acceptors (Lipinski definition) is 10. The first-order chi connectivity index (χ1) is 29.2. The summed E-state index contributed by atoms with van der Waals surface area (Å²) in [7, 11) is 3.37. The molecule has 62 heavy (non-hydrogen) atoms. The first kappa shape index (κ1) is 45.8. The number of amides is 1. The van der Waals surface area contributed by atoms with Gasteiger partial charge < -0.3 is 59.8 Å². The second-order valence-corrected chi connectivity index (χ2v) is 21.4. The standard InChI is InChI=1S/C24H40O5.C23H26N2O4.C2H6O.H2O/c1-13(4-7-21(28)29)16-5-6-17-22-18(12-20(27)24(16,17)3)23(2)9-8-15(25)10-14(23)11-19(22)26;1-27-16-8-14-15(9-17(16)28-2)25-20(26)10-18-21-13-7-19-23(14,22(21)25)4-5-24(19)11-12(13)3-6-29-18;1-2-3;/h13-20,22,25-27H,4-12H2,1-3H3,(H,28,29);3,8-9,13,18-19,21-22H,4-7,10-11H2,1-2H3;3H,2H2,1H3;1H2/t13-,14+,15-,16-,17+,18+,19-,20+,22+,23+,24-;13-,18-,19-,21-,22-,23+;;/m10../s1. The van der Waals surface area contributed by atoms with E-state index in [0.717, 1.165) is 69.3 Å². The molecule has 3 saturated heterocycles. The van der Waals surface area contributed by atoms with E-state index in [9.17, 15) is 30.0 Å². The van der Waals surface area contributed by atoms with Crippen LogP contribution >= 0.6 is 0 Å². The Morgan fingerprint density at radius 3 is 2.45 bits per heavy atom. The second-order valence-electron chi connectivity index (χ2n) is 21.4. The monoisotopic (exact) mass is 867 g/mol. The Bertz CT molecular complexity index is 1890. The van der Waals surface area contributed by atoms with Gasteiger partial charge in [-0.1, -0.05) is 26.8 Å². The number of aliphatic hydroxyl groups excluding tert-OH is 4. The van der Waals surface area contributed by atoms with E-state index in [1.54, 1.807) is 31.6 Å². The van der Waals surface area contributed by atoms with Crippen molar-refractivity contribution in [1.82, 2.24) is 0 Å². The highest BCUT2D eigenvalue weighted by molar-refractivity contribution is 5.99. The minimum Gasteiger partial charge on any atom is -0.550 e. The summed E-state index contributed by atoms with van der Waals surface area (Å²) in [5.41, 5.74) is 3.79. The maximum Gasteiger partial charge on any atom is 0.229 e. The van der Waals surface area contributed by atoms with Crippen LogP contribution in [0.15, 0.2) is 23.8 Å². The fourth-order valence-corrected chi connectivity index (χ4v) is 16.8. The average molecular weight is 867 g/mol. The molecule has 8 fully saturated rings. The number of carbonyl (C=O) groups is 2. The van der Waals surface area contributed by atoms with Crippen LogP contribution in [0.2, 0.25) is 0 Å². The normalized spacial score (nSPS) is 45.1. The van der Waals surface area contributed by atoms with Gasteiger partial charge >= 0.3 is 0 Å². The topological polar surface area (TPSA) is 205 Å². The molecular weight excluding hydrogens is 793 g/mol. The van der Waals surface area contributed by atoms with Gasteiger partial charge in [-0.15, -0.1) is 0 Å². The van der Waals surface area contributed by atoms with Crippen LogP contribution in [0, 0.1) is 58.2 Å². The van der Waals surface area contributed by atoms with E-state index in [0.29, 0.717) is 54.9 Å². The third-order valence-electron chi connectivity index (χ3n) is 19.3. The lowest BCUT2D eigenvalue weighted by atomic mass is 9.43. The molecular formula is C49H74N2O11. The van der Waals surface area contributed by atoms with Crippen LogP contribution in [-0.4, -0.2) is 115 Å². The fraction of sp³-hybridized carbons (Fsp3) is 0.796. The lowest BCUT2D eigenvalue weighted by Crippen LogP contribution is -3.16. The summed E-state index contributed by atoms with van der Waals surface area (Å²) in [6.07, 6.45) is 10.9. The van der Waals surface area contributed by atoms with E-state index < -0.39 is 12.1 Å². The van der Waals surface area contributed by atoms with Gasteiger partial charge in [0.15, 0.2) is 11.5 Å². The molecule has 11 rings (SSSR count). The molecule has 1 spiro atoms. The van der Waals surface area contributed by atoms with Crippen LogP contribution in [0.1, 0.15) is 110 Å². The SMILES string of the molecule is CCO.COc1cc2c(cc1OC)[C@@]13CC[NH+]4CC5=CCO[C@H]6CC(=O)N2[C@H]1[C@H]6[C@H]5C[C@H]43.C[C@H](CCC(=O)[O-])[C@H]1CC[C@H]2[C@@H]3[C@H](O)C[C@@H]4C[C@H](O)CC[C@]4(C)[C@H]3C[C@H](O)[C@]12C.O. The molecule has 5 aliphatic heterocycles. The molecule has 18 atom stereocenters. The number of aliphatic carboxylic acids is 1. The molecule has 346 valence electrons. The second kappa shape index (κ2) is 16.9. The third-order valence-corrected chi connectivity index (χ3v) is 19.3. The number of piperidine rings is 2. The van der Waals surface area contributed by atoms with Crippen molar-refractivity contribution in [1.29, 1.82) is 0 Å².